The smallest absolute Gasteiger partial charge is 0.232 e. The molecule has 0 radical (unpaired) electrons. The van der Waals surface area contributed by atoms with E-state index in [1.807, 2.05) is 25.1 Å². The van der Waals surface area contributed by atoms with Crippen LogP contribution < -0.4 is 14.4 Å². The molecular weight excluding hydrogens is 402 g/mol. The summed E-state index contributed by atoms with van der Waals surface area (Å²) in [4.78, 5) is 28.2. The second-order valence-corrected chi connectivity index (χ2v) is 8.10. The molecule has 0 spiro atoms. The number of hydrogen-bond acceptors (Lipinski definition) is 4. The topological polar surface area (TPSA) is 55.8 Å². The van der Waals surface area contributed by atoms with Gasteiger partial charge in [0.25, 0.3) is 0 Å². The van der Waals surface area contributed by atoms with Crippen LogP contribution in [-0.2, 0) is 9.59 Å². The fourth-order valence-corrected chi connectivity index (χ4v) is 4.63. The number of methoxy groups -OCH3 is 2. The molecule has 156 valence electrons. The lowest BCUT2D eigenvalue weighted by molar-refractivity contribution is -0.119. The number of carbonyl (C=O) groups is 2. The van der Waals surface area contributed by atoms with E-state index in [1.165, 1.54) is 0 Å². The van der Waals surface area contributed by atoms with Gasteiger partial charge in [0.15, 0.2) is 5.78 Å². The number of ketones is 1. The average molecular weight is 426 g/mol. The fraction of sp³-hybridized carbons (Fsp3) is 0.333. The van der Waals surface area contributed by atoms with Crippen LogP contribution in [-0.4, -0.2) is 25.9 Å². The summed E-state index contributed by atoms with van der Waals surface area (Å²) >= 11 is 6.23. The summed E-state index contributed by atoms with van der Waals surface area (Å²) in [5.74, 6) is 0.993. The van der Waals surface area contributed by atoms with Crippen molar-refractivity contribution in [1.29, 1.82) is 0 Å². The van der Waals surface area contributed by atoms with Crippen molar-refractivity contribution in [2.24, 2.45) is 0 Å². The largest absolute Gasteiger partial charge is 0.497 e. The first-order valence-corrected chi connectivity index (χ1v) is 10.4. The molecule has 1 atom stereocenters. The summed E-state index contributed by atoms with van der Waals surface area (Å²) in [7, 11) is 3.18. The van der Waals surface area contributed by atoms with Gasteiger partial charge in [0, 0.05) is 46.7 Å². The van der Waals surface area contributed by atoms with Gasteiger partial charge in [-0.05, 0) is 43.5 Å². The van der Waals surface area contributed by atoms with Crippen molar-refractivity contribution < 1.29 is 19.1 Å². The molecule has 4 rings (SSSR count). The Labute approximate surface area is 181 Å². The summed E-state index contributed by atoms with van der Waals surface area (Å²) in [6, 6.07) is 11.0. The van der Waals surface area contributed by atoms with Crippen LogP contribution in [0.4, 0.5) is 5.69 Å². The highest BCUT2D eigenvalue weighted by Crippen LogP contribution is 2.46. The van der Waals surface area contributed by atoms with Gasteiger partial charge in [-0.1, -0.05) is 23.7 Å². The molecule has 2 aromatic rings. The molecule has 0 bridgehead atoms. The van der Waals surface area contributed by atoms with E-state index in [1.54, 1.807) is 37.3 Å². The molecule has 6 heteroatoms. The molecule has 0 saturated heterocycles. The molecule has 2 aromatic carbocycles. The molecule has 30 heavy (non-hydrogen) atoms. The molecule has 1 aliphatic carbocycles. The summed E-state index contributed by atoms with van der Waals surface area (Å²) in [6.07, 6.45) is 2.09. The molecule has 0 N–H and O–H groups in total. The van der Waals surface area contributed by atoms with Crippen LogP contribution in [0.2, 0.25) is 5.02 Å². The van der Waals surface area contributed by atoms with Gasteiger partial charge in [-0.3, -0.25) is 14.5 Å². The quantitative estimate of drug-likeness (QED) is 0.676. The molecule has 1 heterocycles. The molecule has 2 aliphatic rings. The number of amides is 1. The average Bonchev–Trinajstić information content (AvgIpc) is 2.75. The predicted molar refractivity (Wildman–Crippen MR) is 116 cm³/mol. The van der Waals surface area contributed by atoms with Crippen LogP contribution in [0.25, 0.3) is 0 Å². The third kappa shape index (κ3) is 3.47. The lowest BCUT2D eigenvalue weighted by Crippen LogP contribution is -2.41. The van der Waals surface area contributed by atoms with Gasteiger partial charge < -0.3 is 9.47 Å². The highest BCUT2D eigenvalue weighted by Gasteiger charge is 2.41. The minimum atomic E-state index is -0.336. The van der Waals surface area contributed by atoms with Gasteiger partial charge >= 0.3 is 0 Å². The standard InChI is InChI=1S/C24H24ClNO4/c1-14-7-8-15(25)11-20(14)26-19-5-4-6-21(27)24(19)18(13-23(26)28)17-10-9-16(29-2)12-22(17)30-3/h7-12,18H,4-6,13H2,1-3H3/t18-/m1/s1. The maximum Gasteiger partial charge on any atom is 0.232 e. The van der Waals surface area contributed by atoms with Gasteiger partial charge in [0.05, 0.1) is 19.9 Å². The summed E-state index contributed by atoms with van der Waals surface area (Å²) in [6.45, 7) is 1.95. The van der Waals surface area contributed by atoms with Crippen LogP contribution in [0.1, 0.15) is 42.7 Å². The second-order valence-electron chi connectivity index (χ2n) is 7.66. The van der Waals surface area contributed by atoms with Gasteiger partial charge in [0.2, 0.25) is 5.91 Å². The zero-order valence-corrected chi connectivity index (χ0v) is 18.1. The molecule has 5 nitrogen and oxygen atoms in total. The highest BCUT2D eigenvalue weighted by molar-refractivity contribution is 6.31. The number of hydrogen-bond donors (Lipinski definition) is 0. The number of aryl methyl sites for hydroxylation is 1. The molecular formula is C24H24ClNO4. The van der Waals surface area contributed by atoms with E-state index >= 15 is 0 Å². The summed E-state index contributed by atoms with van der Waals surface area (Å²) in [5.41, 5.74) is 4.02. The van der Waals surface area contributed by atoms with Gasteiger partial charge in [-0.2, -0.15) is 0 Å². The minimum absolute atomic E-state index is 0.0447. The van der Waals surface area contributed by atoms with E-state index in [0.29, 0.717) is 34.9 Å². The first-order chi connectivity index (χ1) is 14.4. The summed E-state index contributed by atoms with van der Waals surface area (Å²) < 4.78 is 10.9. The van der Waals surface area contributed by atoms with Crippen LogP contribution in [0.3, 0.4) is 0 Å². The molecule has 0 aromatic heterocycles. The zero-order chi connectivity index (χ0) is 21.4. The first-order valence-electron chi connectivity index (χ1n) is 10.0. The molecule has 0 saturated carbocycles. The van der Waals surface area contributed by atoms with Crippen molar-refractivity contribution in [2.75, 3.05) is 19.1 Å². The maximum atomic E-state index is 13.4. The third-order valence-corrected chi connectivity index (χ3v) is 6.14. The van der Waals surface area contributed by atoms with E-state index in [2.05, 4.69) is 0 Å². The Kier molecular flexibility index (Phi) is 5.56. The van der Waals surface area contributed by atoms with E-state index in [0.717, 1.165) is 28.9 Å². The summed E-state index contributed by atoms with van der Waals surface area (Å²) in [5, 5.41) is 0.562. The monoisotopic (exact) mass is 425 g/mol. The van der Waals surface area contributed by atoms with Crippen molar-refractivity contribution in [2.45, 2.75) is 38.5 Å². The Bertz CT molecular complexity index is 1060. The van der Waals surface area contributed by atoms with Gasteiger partial charge in [-0.25, -0.2) is 0 Å². The maximum absolute atomic E-state index is 13.4. The Hall–Kier alpha value is -2.79. The van der Waals surface area contributed by atoms with Gasteiger partial charge in [-0.15, -0.1) is 0 Å². The van der Waals surface area contributed by atoms with Crippen molar-refractivity contribution in [3.8, 4) is 11.5 Å². The fourth-order valence-electron chi connectivity index (χ4n) is 4.47. The van der Waals surface area contributed by atoms with Crippen LogP contribution in [0.5, 0.6) is 11.5 Å². The second kappa shape index (κ2) is 8.15. The highest BCUT2D eigenvalue weighted by atomic mass is 35.5. The number of halogens is 1. The zero-order valence-electron chi connectivity index (χ0n) is 17.3. The van der Waals surface area contributed by atoms with Crippen LogP contribution in [0.15, 0.2) is 47.7 Å². The van der Waals surface area contributed by atoms with E-state index < -0.39 is 0 Å². The number of carbonyl (C=O) groups excluding carboxylic acids is 2. The number of allylic oxidation sites excluding steroid dienone is 2. The van der Waals surface area contributed by atoms with Crippen LogP contribution in [0, 0.1) is 6.92 Å². The minimum Gasteiger partial charge on any atom is -0.497 e. The Morgan fingerprint density at radius 2 is 1.83 bits per heavy atom. The van der Waals surface area contributed by atoms with E-state index in [4.69, 9.17) is 21.1 Å². The lowest BCUT2D eigenvalue weighted by Gasteiger charge is -2.39. The molecule has 1 amide bonds. The number of anilines is 1. The third-order valence-electron chi connectivity index (χ3n) is 5.90. The predicted octanol–water partition coefficient (Wildman–Crippen LogP) is 5.19. The molecule has 0 unspecified atom stereocenters. The Balaban J connectivity index is 1.89. The van der Waals surface area contributed by atoms with Gasteiger partial charge in [0.1, 0.15) is 11.5 Å². The Morgan fingerprint density at radius 3 is 2.57 bits per heavy atom. The number of Topliss-reactive ketones (excluding diaryl/α,β-unsaturated/α-hetero) is 1. The number of benzene rings is 2. The molecule has 0 fully saturated rings. The normalized spacial score (nSPS) is 19.1. The van der Waals surface area contributed by atoms with Crippen molar-refractivity contribution in [3.63, 3.8) is 0 Å². The van der Waals surface area contributed by atoms with Crippen molar-refractivity contribution in [1.82, 2.24) is 0 Å². The number of ether oxygens (including phenoxy) is 2. The molecule has 1 aliphatic heterocycles. The first kappa shape index (κ1) is 20.5. The SMILES string of the molecule is COc1ccc([C@H]2CC(=O)N(c3cc(Cl)ccc3C)C3=C2C(=O)CCC3)c(OC)c1. The number of nitrogens with zero attached hydrogens (tertiary/aromatic N) is 1. The van der Waals surface area contributed by atoms with Crippen molar-refractivity contribution >= 4 is 29.0 Å². The van der Waals surface area contributed by atoms with Crippen molar-refractivity contribution in [3.05, 3.63) is 63.8 Å². The number of rotatable bonds is 4. The van der Waals surface area contributed by atoms with E-state index in [-0.39, 0.29) is 24.0 Å². The lowest BCUT2D eigenvalue weighted by atomic mass is 9.76. The Morgan fingerprint density at radius 1 is 1.03 bits per heavy atom. The van der Waals surface area contributed by atoms with Crippen LogP contribution >= 0.6 is 11.6 Å². The van der Waals surface area contributed by atoms with E-state index in [9.17, 15) is 9.59 Å².